The molecule has 0 aliphatic carbocycles. The van der Waals surface area contributed by atoms with Crippen molar-refractivity contribution in [3.05, 3.63) is 35.9 Å². The number of benzene rings is 1. The third-order valence-electron chi connectivity index (χ3n) is 2.72. The highest BCUT2D eigenvalue weighted by Gasteiger charge is 2.20. The summed E-state index contributed by atoms with van der Waals surface area (Å²) in [6.45, 7) is 1.65. The highest BCUT2D eigenvalue weighted by Crippen LogP contribution is 2.22. The number of nitrogens with one attached hydrogen (secondary N) is 1. The lowest BCUT2D eigenvalue weighted by molar-refractivity contribution is -0.131. The van der Waals surface area contributed by atoms with Gasteiger partial charge in [0.2, 0.25) is 5.91 Å². The molecule has 1 amide bonds. The lowest BCUT2D eigenvalue weighted by Gasteiger charge is -2.28. The molecule has 5 nitrogen and oxygen atoms in total. The minimum atomic E-state index is -1.00. The van der Waals surface area contributed by atoms with Crippen molar-refractivity contribution in [1.29, 1.82) is 0 Å². The Morgan fingerprint density at radius 1 is 1.39 bits per heavy atom. The molecule has 1 heterocycles. The zero-order chi connectivity index (χ0) is 13.0. The first kappa shape index (κ1) is 12.3. The van der Waals surface area contributed by atoms with Gasteiger partial charge in [-0.05, 0) is 17.7 Å². The normalized spacial score (nSPS) is 16.2. The average Bonchev–Trinajstić information content (AvgIpc) is 2.37. The fraction of sp³-hybridized carbons (Fsp3) is 0.231. The monoisotopic (exact) mass is 246 g/mol. The third-order valence-corrected chi connectivity index (χ3v) is 2.72. The second-order valence-corrected chi connectivity index (χ2v) is 3.95. The second kappa shape index (κ2) is 5.46. The SMILES string of the molecule is O=C(O)/C=C/c1ccccc1N1CCNCC1=O. The van der Waals surface area contributed by atoms with E-state index in [1.807, 2.05) is 18.2 Å². The molecule has 2 rings (SSSR count). The Morgan fingerprint density at radius 2 is 2.17 bits per heavy atom. The van der Waals surface area contributed by atoms with Gasteiger partial charge in [0.05, 0.1) is 12.2 Å². The maximum Gasteiger partial charge on any atom is 0.328 e. The summed E-state index contributed by atoms with van der Waals surface area (Å²) in [4.78, 5) is 24.0. The molecule has 0 saturated carbocycles. The number of nitrogens with zero attached hydrogens (tertiary/aromatic N) is 1. The van der Waals surface area contributed by atoms with Crippen LogP contribution in [0.2, 0.25) is 0 Å². The molecule has 5 heteroatoms. The fourth-order valence-corrected chi connectivity index (χ4v) is 1.90. The summed E-state index contributed by atoms with van der Waals surface area (Å²) >= 11 is 0. The van der Waals surface area contributed by atoms with Crippen molar-refractivity contribution in [2.45, 2.75) is 0 Å². The Labute approximate surface area is 105 Å². The number of amides is 1. The first-order valence-electron chi connectivity index (χ1n) is 5.69. The Morgan fingerprint density at radius 3 is 2.89 bits per heavy atom. The molecule has 0 unspecified atom stereocenters. The first-order chi connectivity index (χ1) is 8.68. The molecule has 1 aromatic carbocycles. The quantitative estimate of drug-likeness (QED) is 0.771. The lowest BCUT2D eigenvalue weighted by atomic mass is 10.1. The molecule has 0 atom stereocenters. The molecule has 1 aromatic rings. The average molecular weight is 246 g/mol. The first-order valence-corrected chi connectivity index (χ1v) is 5.69. The van der Waals surface area contributed by atoms with Gasteiger partial charge in [0.15, 0.2) is 0 Å². The highest BCUT2D eigenvalue weighted by molar-refractivity contribution is 5.98. The van der Waals surface area contributed by atoms with Gasteiger partial charge in [0, 0.05) is 19.2 Å². The number of aliphatic carboxylic acids is 1. The number of hydrogen-bond donors (Lipinski definition) is 2. The van der Waals surface area contributed by atoms with E-state index >= 15 is 0 Å². The van der Waals surface area contributed by atoms with Crippen LogP contribution in [-0.2, 0) is 9.59 Å². The summed E-state index contributed by atoms with van der Waals surface area (Å²) in [5.41, 5.74) is 1.48. The summed E-state index contributed by atoms with van der Waals surface area (Å²) < 4.78 is 0. The summed E-state index contributed by atoms with van der Waals surface area (Å²) in [6.07, 6.45) is 2.58. The largest absolute Gasteiger partial charge is 0.478 e. The van der Waals surface area contributed by atoms with Crippen LogP contribution in [0.1, 0.15) is 5.56 Å². The molecular weight excluding hydrogens is 232 g/mol. The predicted molar refractivity (Wildman–Crippen MR) is 68.3 cm³/mol. The zero-order valence-electron chi connectivity index (χ0n) is 9.80. The molecule has 0 aromatic heterocycles. The molecule has 0 bridgehead atoms. The topological polar surface area (TPSA) is 69.6 Å². The van der Waals surface area contributed by atoms with Crippen molar-refractivity contribution in [3.63, 3.8) is 0 Å². The van der Waals surface area contributed by atoms with E-state index in [1.165, 1.54) is 6.08 Å². The lowest BCUT2D eigenvalue weighted by Crippen LogP contribution is -2.48. The van der Waals surface area contributed by atoms with Crippen LogP contribution in [0.5, 0.6) is 0 Å². The number of carbonyl (C=O) groups is 2. The smallest absolute Gasteiger partial charge is 0.328 e. The van der Waals surface area contributed by atoms with Crippen LogP contribution in [0.3, 0.4) is 0 Å². The van der Waals surface area contributed by atoms with Gasteiger partial charge in [-0.15, -0.1) is 0 Å². The molecular formula is C13H14N2O3. The van der Waals surface area contributed by atoms with Crippen LogP contribution >= 0.6 is 0 Å². The maximum atomic E-state index is 11.8. The van der Waals surface area contributed by atoms with Crippen LogP contribution in [0, 0.1) is 0 Å². The van der Waals surface area contributed by atoms with E-state index in [4.69, 9.17) is 5.11 Å². The van der Waals surface area contributed by atoms with Gasteiger partial charge in [0.1, 0.15) is 0 Å². The minimum Gasteiger partial charge on any atom is -0.478 e. The van der Waals surface area contributed by atoms with Crippen molar-refractivity contribution in [1.82, 2.24) is 5.32 Å². The molecule has 1 saturated heterocycles. The van der Waals surface area contributed by atoms with Crippen LogP contribution in [-0.4, -0.2) is 36.6 Å². The van der Waals surface area contributed by atoms with E-state index in [-0.39, 0.29) is 5.91 Å². The van der Waals surface area contributed by atoms with E-state index in [9.17, 15) is 9.59 Å². The molecule has 0 radical (unpaired) electrons. The third kappa shape index (κ3) is 2.75. The second-order valence-electron chi connectivity index (χ2n) is 3.95. The predicted octanol–water partition coefficient (Wildman–Crippen LogP) is 0.721. The molecule has 1 aliphatic heterocycles. The number of carboxylic acid groups (broad SMARTS) is 1. The summed E-state index contributed by atoms with van der Waals surface area (Å²) in [6, 6.07) is 7.27. The van der Waals surface area contributed by atoms with Gasteiger partial charge in [-0.2, -0.15) is 0 Å². The molecule has 1 aliphatic rings. The van der Waals surface area contributed by atoms with E-state index in [0.717, 1.165) is 23.9 Å². The highest BCUT2D eigenvalue weighted by atomic mass is 16.4. The minimum absolute atomic E-state index is 0.00238. The van der Waals surface area contributed by atoms with Crippen molar-refractivity contribution in [3.8, 4) is 0 Å². The molecule has 18 heavy (non-hydrogen) atoms. The number of piperazine rings is 1. The van der Waals surface area contributed by atoms with Crippen molar-refractivity contribution in [2.24, 2.45) is 0 Å². The van der Waals surface area contributed by atoms with Gasteiger partial charge in [-0.1, -0.05) is 18.2 Å². The van der Waals surface area contributed by atoms with Crippen molar-refractivity contribution >= 4 is 23.6 Å². The molecule has 94 valence electrons. The van der Waals surface area contributed by atoms with Gasteiger partial charge in [-0.3, -0.25) is 4.79 Å². The van der Waals surface area contributed by atoms with Crippen LogP contribution in [0.15, 0.2) is 30.3 Å². The van der Waals surface area contributed by atoms with E-state index in [2.05, 4.69) is 5.32 Å². The number of carbonyl (C=O) groups excluding carboxylic acids is 1. The van der Waals surface area contributed by atoms with Crippen molar-refractivity contribution in [2.75, 3.05) is 24.5 Å². The Bertz CT molecular complexity index is 497. The van der Waals surface area contributed by atoms with E-state index < -0.39 is 5.97 Å². The van der Waals surface area contributed by atoms with E-state index in [1.54, 1.807) is 11.0 Å². The standard InChI is InChI=1S/C13H14N2O3/c16-12-9-14-7-8-15(12)11-4-2-1-3-10(11)5-6-13(17)18/h1-6,14H,7-9H2,(H,17,18)/b6-5+. The number of carboxylic acids is 1. The van der Waals surface area contributed by atoms with Gasteiger partial charge < -0.3 is 15.3 Å². The number of hydrogen-bond acceptors (Lipinski definition) is 3. The number of para-hydroxylation sites is 1. The summed E-state index contributed by atoms with van der Waals surface area (Å²) in [5.74, 6) is -1.01. The summed E-state index contributed by atoms with van der Waals surface area (Å²) in [7, 11) is 0. The zero-order valence-corrected chi connectivity index (χ0v) is 9.80. The maximum absolute atomic E-state index is 11.8. The van der Waals surface area contributed by atoms with Gasteiger partial charge in [-0.25, -0.2) is 4.79 Å². The van der Waals surface area contributed by atoms with Crippen LogP contribution in [0.25, 0.3) is 6.08 Å². The Kier molecular flexibility index (Phi) is 3.74. The number of rotatable bonds is 3. The summed E-state index contributed by atoms with van der Waals surface area (Å²) in [5, 5.41) is 11.7. The Balaban J connectivity index is 2.31. The molecule has 0 spiro atoms. The Hall–Kier alpha value is -2.14. The molecule has 1 fully saturated rings. The fourth-order valence-electron chi connectivity index (χ4n) is 1.90. The van der Waals surface area contributed by atoms with E-state index in [0.29, 0.717) is 13.1 Å². The van der Waals surface area contributed by atoms with Crippen molar-refractivity contribution < 1.29 is 14.7 Å². The van der Waals surface area contributed by atoms with Crippen LogP contribution < -0.4 is 10.2 Å². The van der Waals surface area contributed by atoms with Gasteiger partial charge in [0.25, 0.3) is 0 Å². The number of anilines is 1. The van der Waals surface area contributed by atoms with Gasteiger partial charge >= 0.3 is 5.97 Å². The van der Waals surface area contributed by atoms with Crippen LogP contribution in [0.4, 0.5) is 5.69 Å². The molecule has 2 N–H and O–H groups in total.